The highest BCUT2D eigenvalue weighted by atomic mass is 16.3. The van der Waals surface area contributed by atoms with Crippen molar-refractivity contribution in [3.63, 3.8) is 0 Å². The molecule has 2 aliphatic heterocycles. The van der Waals surface area contributed by atoms with Crippen LogP contribution in [0.25, 0.3) is 11.0 Å². The molecule has 4 heterocycles. The van der Waals surface area contributed by atoms with Crippen LogP contribution in [0.4, 0.5) is 0 Å². The highest BCUT2D eigenvalue weighted by Crippen LogP contribution is 2.35. The molecule has 0 radical (unpaired) electrons. The van der Waals surface area contributed by atoms with E-state index in [1.165, 1.54) is 5.56 Å². The van der Waals surface area contributed by atoms with Gasteiger partial charge in [-0.3, -0.25) is 4.79 Å². The molecular weight excluding hydrogens is 364 g/mol. The highest BCUT2D eigenvalue weighted by molar-refractivity contribution is 5.99. The van der Waals surface area contributed by atoms with Gasteiger partial charge in [-0.05, 0) is 39.3 Å². The van der Waals surface area contributed by atoms with Gasteiger partial charge in [0.2, 0.25) is 0 Å². The third-order valence-electron chi connectivity index (χ3n) is 6.31. The van der Waals surface area contributed by atoms with Crippen LogP contribution in [0.5, 0.6) is 0 Å². The zero-order valence-electron chi connectivity index (χ0n) is 17.2. The number of likely N-dealkylation sites (tertiary alicyclic amines) is 1. The first kappa shape index (κ1) is 18.3. The monoisotopic (exact) mass is 390 g/mol. The average Bonchev–Trinajstić information content (AvgIpc) is 3.33. The average molecular weight is 390 g/mol. The number of nitrogens with zero attached hydrogens (tertiary/aromatic N) is 4. The molecule has 0 N–H and O–H groups in total. The van der Waals surface area contributed by atoms with Gasteiger partial charge in [-0.25, -0.2) is 9.97 Å². The fraction of sp³-hybridized carbons (Fsp3) is 0.435. The number of carbonyl (C=O) groups is 1. The number of hydrogen-bond acceptors (Lipinski definition) is 5. The van der Waals surface area contributed by atoms with Gasteiger partial charge in [0, 0.05) is 54.5 Å². The molecule has 29 heavy (non-hydrogen) atoms. The van der Waals surface area contributed by atoms with E-state index in [9.17, 15) is 4.79 Å². The maximum Gasteiger partial charge on any atom is 0.290 e. The van der Waals surface area contributed by atoms with Gasteiger partial charge >= 0.3 is 0 Å². The van der Waals surface area contributed by atoms with Crippen LogP contribution in [0.15, 0.2) is 28.8 Å². The molecule has 1 atom stereocenters. The van der Waals surface area contributed by atoms with E-state index in [2.05, 4.69) is 16.9 Å². The minimum absolute atomic E-state index is 0.0540. The molecule has 0 saturated carbocycles. The maximum atomic E-state index is 13.4. The standard InChI is InChI=1S/C23H26N4O2/c1-14-6-4-7-17-15(2)21(29-20(14)17)23(28)27-10-5-8-19(27)22-24-12-16-13-26(3)11-9-18(16)25-22/h4,6-7,12,19H,5,8-11,13H2,1-3H3/t19-/m0/s1. The molecule has 0 unspecified atom stereocenters. The van der Waals surface area contributed by atoms with Crippen LogP contribution in [-0.2, 0) is 13.0 Å². The number of likely N-dealkylation sites (N-methyl/N-ethyl adjacent to an activating group) is 1. The lowest BCUT2D eigenvalue weighted by molar-refractivity contribution is 0.0698. The molecular formula is C23H26N4O2. The topological polar surface area (TPSA) is 62.5 Å². The number of carbonyl (C=O) groups excluding carboxylic acids is 1. The van der Waals surface area contributed by atoms with Crippen molar-refractivity contribution >= 4 is 16.9 Å². The Morgan fingerprint density at radius 3 is 2.93 bits per heavy atom. The van der Waals surface area contributed by atoms with Gasteiger partial charge in [0.25, 0.3) is 5.91 Å². The van der Waals surface area contributed by atoms with E-state index < -0.39 is 0 Å². The zero-order chi connectivity index (χ0) is 20.1. The molecule has 2 aliphatic rings. The largest absolute Gasteiger partial charge is 0.450 e. The number of para-hydroxylation sites is 1. The first-order valence-electron chi connectivity index (χ1n) is 10.4. The van der Waals surface area contributed by atoms with Gasteiger partial charge < -0.3 is 14.2 Å². The van der Waals surface area contributed by atoms with Crippen LogP contribution in [0.2, 0.25) is 0 Å². The van der Waals surface area contributed by atoms with Gasteiger partial charge in [0.15, 0.2) is 11.6 Å². The molecule has 1 amide bonds. The van der Waals surface area contributed by atoms with Crippen molar-refractivity contribution in [3.05, 3.63) is 58.4 Å². The molecule has 3 aromatic rings. The van der Waals surface area contributed by atoms with E-state index in [1.807, 2.05) is 43.1 Å². The zero-order valence-corrected chi connectivity index (χ0v) is 17.2. The molecule has 0 bridgehead atoms. The number of amides is 1. The number of aryl methyl sites for hydroxylation is 2. The van der Waals surface area contributed by atoms with Gasteiger partial charge in [-0.15, -0.1) is 0 Å². The number of furan rings is 1. The van der Waals surface area contributed by atoms with E-state index in [4.69, 9.17) is 9.40 Å². The van der Waals surface area contributed by atoms with Crippen molar-refractivity contribution in [1.82, 2.24) is 19.8 Å². The molecule has 6 heteroatoms. The fourth-order valence-corrected chi connectivity index (χ4v) is 4.63. The molecule has 150 valence electrons. The van der Waals surface area contributed by atoms with Crippen LogP contribution in [0.3, 0.4) is 0 Å². The van der Waals surface area contributed by atoms with Crippen molar-refractivity contribution < 1.29 is 9.21 Å². The van der Waals surface area contributed by atoms with Crippen molar-refractivity contribution in [2.24, 2.45) is 0 Å². The van der Waals surface area contributed by atoms with E-state index >= 15 is 0 Å². The summed E-state index contributed by atoms with van der Waals surface area (Å²) in [6.45, 7) is 6.59. The third kappa shape index (κ3) is 3.02. The Morgan fingerprint density at radius 2 is 2.10 bits per heavy atom. The summed E-state index contributed by atoms with van der Waals surface area (Å²) < 4.78 is 6.05. The van der Waals surface area contributed by atoms with E-state index in [1.54, 1.807) is 0 Å². The maximum absolute atomic E-state index is 13.4. The minimum atomic E-state index is -0.0823. The molecule has 0 aliphatic carbocycles. The smallest absolute Gasteiger partial charge is 0.290 e. The first-order chi connectivity index (χ1) is 14.0. The summed E-state index contributed by atoms with van der Waals surface area (Å²) in [5, 5.41) is 1.01. The second kappa shape index (κ2) is 6.95. The summed E-state index contributed by atoms with van der Waals surface area (Å²) >= 11 is 0. The van der Waals surface area contributed by atoms with Crippen LogP contribution >= 0.6 is 0 Å². The van der Waals surface area contributed by atoms with Crippen LogP contribution in [0, 0.1) is 13.8 Å². The molecule has 0 spiro atoms. The van der Waals surface area contributed by atoms with Crippen molar-refractivity contribution in [2.45, 2.75) is 45.7 Å². The second-order valence-corrected chi connectivity index (χ2v) is 8.35. The van der Waals surface area contributed by atoms with Gasteiger partial charge in [0.1, 0.15) is 5.58 Å². The number of rotatable bonds is 2. The van der Waals surface area contributed by atoms with Gasteiger partial charge in [-0.1, -0.05) is 18.2 Å². The fourth-order valence-electron chi connectivity index (χ4n) is 4.63. The van der Waals surface area contributed by atoms with E-state index in [-0.39, 0.29) is 11.9 Å². The predicted molar refractivity (Wildman–Crippen MR) is 111 cm³/mol. The van der Waals surface area contributed by atoms with E-state index in [0.29, 0.717) is 12.3 Å². The lowest BCUT2D eigenvalue weighted by Crippen LogP contribution is -2.33. The van der Waals surface area contributed by atoms with Crippen molar-refractivity contribution in [3.8, 4) is 0 Å². The Kier molecular flexibility index (Phi) is 4.39. The first-order valence-corrected chi connectivity index (χ1v) is 10.4. The normalized spacial score (nSPS) is 19.7. The number of benzene rings is 1. The Morgan fingerprint density at radius 1 is 1.24 bits per heavy atom. The molecule has 1 saturated heterocycles. The Balaban J connectivity index is 1.48. The summed E-state index contributed by atoms with van der Waals surface area (Å²) in [6, 6.07) is 5.95. The summed E-state index contributed by atoms with van der Waals surface area (Å²) in [4.78, 5) is 27.1. The lowest BCUT2D eigenvalue weighted by Gasteiger charge is -2.26. The number of fused-ring (bicyclic) bond motifs is 2. The Labute approximate surface area is 170 Å². The molecule has 1 fully saturated rings. The lowest BCUT2D eigenvalue weighted by atomic mass is 10.1. The Hall–Kier alpha value is -2.73. The number of aromatic nitrogens is 2. The second-order valence-electron chi connectivity index (χ2n) is 8.35. The van der Waals surface area contributed by atoms with E-state index in [0.717, 1.165) is 66.0 Å². The molecule has 2 aromatic heterocycles. The van der Waals surface area contributed by atoms with Crippen molar-refractivity contribution in [2.75, 3.05) is 20.1 Å². The molecule has 1 aromatic carbocycles. The predicted octanol–water partition coefficient (Wildman–Crippen LogP) is 3.80. The van der Waals surface area contributed by atoms with Crippen LogP contribution < -0.4 is 0 Å². The summed E-state index contributed by atoms with van der Waals surface area (Å²) in [6.07, 6.45) is 4.73. The van der Waals surface area contributed by atoms with Crippen molar-refractivity contribution in [1.29, 1.82) is 0 Å². The minimum Gasteiger partial charge on any atom is -0.450 e. The molecule has 6 nitrogen and oxygen atoms in total. The van der Waals surface area contributed by atoms with Crippen LogP contribution in [-0.4, -0.2) is 45.8 Å². The Bertz CT molecular complexity index is 1100. The quantitative estimate of drug-likeness (QED) is 0.666. The van der Waals surface area contributed by atoms with Crippen LogP contribution in [0.1, 0.15) is 57.6 Å². The highest BCUT2D eigenvalue weighted by Gasteiger charge is 2.35. The van der Waals surface area contributed by atoms with Gasteiger partial charge in [-0.2, -0.15) is 0 Å². The summed E-state index contributed by atoms with van der Waals surface area (Å²) in [5.74, 6) is 1.16. The third-order valence-corrected chi connectivity index (χ3v) is 6.31. The number of hydrogen-bond donors (Lipinski definition) is 0. The summed E-state index contributed by atoms with van der Waals surface area (Å²) in [5.41, 5.74) is 5.09. The van der Waals surface area contributed by atoms with Gasteiger partial charge in [0.05, 0.1) is 6.04 Å². The SMILES string of the molecule is Cc1c(C(=O)N2CCC[C@H]2c2ncc3c(n2)CCN(C)C3)oc2c(C)cccc12. The molecule has 5 rings (SSSR count). The summed E-state index contributed by atoms with van der Waals surface area (Å²) in [7, 11) is 2.12.